The number of alkyl halides is 3. The minimum Gasteiger partial charge on any atom is -0.366 e. The summed E-state index contributed by atoms with van der Waals surface area (Å²) >= 11 is 0. The number of carbonyl (C=O) groups is 1. The molecule has 2 rings (SSSR count). The van der Waals surface area contributed by atoms with Crippen LogP contribution < -0.4 is 5.32 Å². The summed E-state index contributed by atoms with van der Waals surface area (Å²) in [6.45, 7) is 0.0739. The Morgan fingerprint density at radius 1 is 1.55 bits per heavy atom. The van der Waals surface area contributed by atoms with E-state index in [0.29, 0.717) is 6.54 Å². The fourth-order valence-electron chi connectivity index (χ4n) is 1.76. The van der Waals surface area contributed by atoms with E-state index in [0.717, 1.165) is 0 Å². The van der Waals surface area contributed by atoms with E-state index >= 15 is 0 Å². The first-order valence-corrected chi connectivity index (χ1v) is 5.85. The van der Waals surface area contributed by atoms with Gasteiger partial charge >= 0.3 is 18.0 Å². The Labute approximate surface area is 112 Å². The number of aromatic nitrogens is 2. The van der Waals surface area contributed by atoms with Crippen molar-refractivity contribution in [2.45, 2.75) is 18.8 Å². The highest BCUT2D eigenvalue weighted by molar-refractivity contribution is 5.89. The number of nitrogens with one attached hydrogen (secondary N) is 1. The van der Waals surface area contributed by atoms with Crippen LogP contribution in [-0.4, -0.2) is 60.0 Å². The third-order valence-corrected chi connectivity index (χ3v) is 2.77. The van der Waals surface area contributed by atoms with Crippen LogP contribution in [0.15, 0.2) is 4.52 Å². The zero-order valence-electron chi connectivity index (χ0n) is 10.6. The van der Waals surface area contributed by atoms with Crippen LogP contribution >= 0.6 is 0 Å². The van der Waals surface area contributed by atoms with Crippen LogP contribution in [0.25, 0.3) is 0 Å². The predicted octanol–water partition coefficient (Wildman–Crippen LogP) is 0.192. The van der Waals surface area contributed by atoms with Crippen molar-refractivity contribution < 1.29 is 27.2 Å². The van der Waals surface area contributed by atoms with Crippen LogP contribution in [-0.2, 0) is 11.3 Å². The van der Waals surface area contributed by atoms with Crippen molar-refractivity contribution in [1.82, 2.24) is 20.4 Å². The van der Waals surface area contributed by atoms with Gasteiger partial charge in [0.2, 0.25) is 0 Å². The van der Waals surface area contributed by atoms with E-state index in [1.165, 1.54) is 11.9 Å². The molecule has 1 aliphatic rings. The molecule has 112 valence electrons. The van der Waals surface area contributed by atoms with Crippen LogP contribution in [0.1, 0.15) is 16.5 Å². The molecule has 0 radical (unpaired) electrons. The Balaban J connectivity index is 1.96. The molecule has 2 heterocycles. The van der Waals surface area contributed by atoms with Gasteiger partial charge < -0.3 is 14.6 Å². The van der Waals surface area contributed by atoms with Gasteiger partial charge in [0.25, 0.3) is 0 Å². The topological polar surface area (TPSA) is 80.5 Å². The van der Waals surface area contributed by atoms with Crippen LogP contribution in [0, 0.1) is 0 Å². The lowest BCUT2D eigenvalue weighted by Crippen LogP contribution is -2.48. The summed E-state index contributed by atoms with van der Waals surface area (Å²) < 4.78 is 47.0. The normalized spacial score (nSPS) is 20.9. The van der Waals surface area contributed by atoms with Crippen molar-refractivity contribution in [3.05, 3.63) is 11.7 Å². The van der Waals surface area contributed by atoms with Crippen molar-refractivity contribution in [3.63, 3.8) is 0 Å². The summed E-state index contributed by atoms with van der Waals surface area (Å²) in [6.07, 6.45) is -6.22. The summed E-state index contributed by atoms with van der Waals surface area (Å²) in [5.41, 5.74) is 0. The molecule has 0 bridgehead atoms. The number of carbonyl (C=O) groups excluding carboxylic acids is 1. The molecule has 1 N–H and O–H groups in total. The number of ether oxygens (including phenoxy) is 1. The summed E-state index contributed by atoms with van der Waals surface area (Å²) in [6, 6.07) is 0. The molecule has 0 unspecified atom stereocenters. The molecule has 20 heavy (non-hydrogen) atoms. The van der Waals surface area contributed by atoms with Crippen LogP contribution in [0.2, 0.25) is 0 Å². The van der Waals surface area contributed by atoms with Crippen LogP contribution in [0.4, 0.5) is 13.2 Å². The van der Waals surface area contributed by atoms with E-state index in [1.807, 2.05) is 0 Å². The Kier molecular flexibility index (Phi) is 4.23. The second-order valence-corrected chi connectivity index (χ2v) is 4.23. The number of morpholine rings is 1. The maximum atomic E-state index is 12.6. The van der Waals surface area contributed by atoms with E-state index in [9.17, 15) is 18.0 Å². The molecular formula is C10H13F3N4O3. The van der Waals surface area contributed by atoms with Crippen molar-refractivity contribution in [3.8, 4) is 0 Å². The molecule has 0 saturated carbocycles. The number of amides is 1. The van der Waals surface area contributed by atoms with Crippen molar-refractivity contribution in [2.24, 2.45) is 0 Å². The van der Waals surface area contributed by atoms with Gasteiger partial charge in [-0.25, -0.2) is 0 Å². The first-order valence-electron chi connectivity index (χ1n) is 5.85. The van der Waals surface area contributed by atoms with E-state index < -0.39 is 18.2 Å². The molecule has 0 aromatic carbocycles. The maximum Gasteiger partial charge on any atom is 0.415 e. The van der Waals surface area contributed by atoms with Gasteiger partial charge in [-0.2, -0.15) is 18.2 Å². The van der Waals surface area contributed by atoms with Gasteiger partial charge in [-0.15, -0.1) is 0 Å². The highest BCUT2D eigenvalue weighted by Gasteiger charge is 2.43. The van der Waals surface area contributed by atoms with E-state index in [4.69, 9.17) is 4.52 Å². The number of hydrogen-bond donors (Lipinski definition) is 1. The highest BCUT2D eigenvalue weighted by atomic mass is 19.4. The van der Waals surface area contributed by atoms with Gasteiger partial charge in [-0.1, -0.05) is 5.16 Å². The Morgan fingerprint density at radius 3 is 2.95 bits per heavy atom. The summed E-state index contributed by atoms with van der Waals surface area (Å²) in [5.74, 6) is -0.603. The highest BCUT2D eigenvalue weighted by Crippen LogP contribution is 2.26. The lowest BCUT2D eigenvalue weighted by atomic mass is 10.2. The summed E-state index contributed by atoms with van der Waals surface area (Å²) in [7, 11) is 1.40. The zero-order chi connectivity index (χ0) is 14.8. The molecule has 1 aliphatic heterocycles. The molecule has 10 heteroatoms. The molecule has 1 atom stereocenters. The van der Waals surface area contributed by atoms with Gasteiger partial charge in [-0.05, 0) is 0 Å². The van der Waals surface area contributed by atoms with E-state index in [-0.39, 0.29) is 31.4 Å². The molecule has 7 nitrogen and oxygen atoms in total. The Hall–Kier alpha value is -1.68. The molecule has 1 aromatic rings. The fraction of sp³-hybridized carbons (Fsp3) is 0.700. The zero-order valence-corrected chi connectivity index (χ0v) is 10.6. The number of halogens is 3. The minimum atomic E-state index is -4.40. The standard InChI is InChI=1S/C10H13F3N4O3/c1-14-8(18)9-15-7(16-20-9)5-17-2-3-19-6(4-17)10(11,12)13/h6H,2-5H2,1H3,(H,14,18)/t6-/m1/s1. The molecule has 0 spiro atoms. The smallest absolute Gasteiger partial charge is 0.366 e. The number of hydrogen-bond acceptors (Lipinski definition) is 6. The minimum absolute atomic E-state index is 0.0235. The third kappa shape index (κ3) is 3.45. The van der Waals surface area contributed by atoms with Crippen LogP contribution in [0.5, 0.6) is 0 Å². The SMILES string of the molecule is CNC(=O)c1nc(CN2CCO[C@@H](C(F)(F)F)C2)no1. The molecular weight excluding hydrogens is 281 g/mol. The first kappa shape index (κ1) is 14.7. The first-order chi connectivity index (χ1) is 9.40. The average molecular weight is 294 g/mol. The Bertz CT molecular complexity index is 477. The second-order valence-electron chi connectivity index (χ2n) is 4.23. The average Bonchev–Trinajstić information content (AvgIpc) is 2.85. The van der Waals surface area contributed by atoms with Gasteiger partial charge in [0, 0.05) is 20.1 Å². The lowest BCUT2D eigenvalue weighted by Gasteiger charge is -2.32. The van der Waals surface area contributed by atoms with Crippen molar-refractivity contribution >= 4 is 5.91 Å². The predicted molar refractivity (Wildman–Crippen MR) is 58.8 cm³/mol. The Morgan fingerprint density at radius 2 is 2.30 bits per heavy atom. The van der Waals surface area contributed by atoms with Gasteiger partial charge in [-0.3, -0.25) is 9.69 Å². The van der Waals surface area contributed by atoms with Crippen LogP contribution in [0.3, 0.4) is 0 Å². The second kappa shape index (κ2) is 5.75. The molecule has 1 fully saturated rings. The molecule has 1 amide bonds. The monoisotopic (exact) mass is 294 g/mol. The quantitative estimate of drug-likeness (QED) is 0.857. The summed E-state index contributed by atoms with van der Waals surface area (Å²) in [4.78, 5) is 16.5. The molecule has 1 aromatic heterocycles. The molecule has 0 aliphatic carbocycles. The third-order valence-electron chi connectivity index (χ3n) is 2.77. The van der Waals surface area contributed by atoms with Crippen molar-refractivity contribution in [1.29, 1.82) is 0 Å². The van der Waals surface area contributed by atoms with Gasteiger partial charge in [0.05, 0.1) is 13.2 Å². The molecule has 1 saturated heterocycles. The fourth-order valence-corrected chi connectivity index (χ4v) is 1.76. The largest absolute Gasteiger partial charge is 0.415 e. The number of nitrogens with zero attached hydrogens (tertiary/aromatic N) is 3. The van der Waals surface area contributed by atoms with Gasteiger partial charge in [0.1, 0.15) is 0 Å². The maximum absolute atomic E-state index is 12.6. The lowest BCUT2D eigenvalue weighted by molar-refractivity contribution is -0.237. The summed E-state index contributed by atoms with van der Waals surface area (Å²) in [5, 5.41) is 5.86. The van der Waals surface area contributed by atoms with E-state index in [1.54, 1.807) is 0 Å². The number of rotatable bonds is 3. The van der Waals surface area contributed by atoms with E-state index in [2.05, 4.69) is 20.2 Å². The van der Waals surface area contributed by atoms with Gasteiger partial charge in [0.15, 0.2) is 11.9 Å². The van der Waals surface area contributed by atoms with Crippen molar-refractivity contribution in [2.75, 3.05) is 26.7 Å².